The fraction of sp³-hybridized carbons (Fsp3) is 0.111. The smallest absolute Gasteiger partial charge is 0.200 e. The Kier molecular flexibility index (Phi) is 4.08. The van der Waals surface area contributed by atoms with Gasteiger partial charge in [-0.15, -0.1) is 5.10 Å². The third-order valence-corrected chi connectivity index (χ3v) is 4.12. The Balaban J connectivity index is 1.91. The van der Waals surface area contributed by atoms with Gasteiger partial charge in [-0.3, -0.25) is 4.98 Å². The number of nitrogens with zero attached hydrogens (tertiary/aromatic N) is 5. The van der Waals surface area contributed by atoms with Crippen molar-refractivity contribution in [1.29, 1.82) is 0 Å². The van der Waals surface area contributed by atoms with E-state index in [1.165, 1.54) is 12.4 Å². The van der Waals surface area contributed by atoms with E-state index in [9.17, 15) is 4.39 Å². The number of hydrogen-bond acceptors (Lipinski definition) is 5. The van der Waals surface area contributed by atoms with Crippen molar-refractivity contribution in [2.24, 2.45) is 0 Å². The predicted octanol–water partition coefficient (Wildman–Crippen LogP) is 2.51. The molecule has 4 aromatic rings. The number of fused-ring (bicyclic) bond motifs is 1. The van der Waals surface area contributed by atoms with Crippen LogP contribution in [-0.4, -0.2) is 32.4 Å². The second-order valence-corrected chi connectivity index (χ2v) is 5.92. The second-order valence-electron chi connectivity index (χ2n) is 5.92. The standard InChI is InChI=1S/C18H16BFN6/c1-11-3-2-4-15(22-11)17-24-18(23-14-5-7-21-10-13(14)20)16-12(9-19)6-8-26(16)25-17/h2-8,10H,9,19H2,1H3,(H,21,23,24,25). The van der Waals surface area contributed by atoms with Crippen LogP contribution >= 0.6 is 0 Å². The van der Waals surface area contributed by atoms with Crippen molar-refractivity contribution >= 4 is 24.9 Å². The highest BCUT2D eigenvalue weighted by atomic mass is 19.1. The van der Waals surface area contributed by atoms with Crippen LogP contribution in [0, 0.1) is 12.7 Å². The van der Waals surface area contributed by atoms with Gasteiger partial charge in [0, 0.05) is 18.1 Å². The topological polar surface area (TPSA) is 68.0 Å². The maximum absolute atomic E-state index is 14.1. The summed E-state index contributed by atoms with van der Waals surface area (Å²) in [5, 5.41) is 7.66. The fourth-order valence-corrected chi connectivity index (χ4v) is 2.84. The van der Waals surface area contributed by atoms with Gasteiger partial charge in [0.15, 0.2) is 11.6 Å². The molecular formula is C18H16BFN6. The summed E-state index contributed by atoms with van der Waals surface area (Å²) in [6.45, 7) is 1.92. The largest absolute Gasteiger partial charge is 0.336 e. The Hall–Kier alpha value is -3.29. The summed E-state index contributed by atoms with van der Waals surface area (Å²) in [5.74, 6) is 0.561. The van der Waals surface area contributed by atoms with Crippen molar-refractivity contribution < 1.29 is 4.39 Å². The summed E-state index contributed by atoms with van der Waals surface area (Å²) in [5.41, 5.74) is 3.75. The Labute approximate surface area is 150 Å². The van der Waals surface area contributed by atoms with E-state index in [-0.39, 0.29) is 0 Å². The Bertz CT molecular complexity index is 1090. The highest BCUT2D eigenvalue weighted by molar-refractivity contribution is 6.09. The van der Waals surface area contributed by atoms with Gasteiger partial charge in [-0.05, 0) is 36.8 Å². The predicted molar refractivity (Wildman–Crippen MR) is 101 cm³/mol. The lowest BCUT2D eigenvalue weighted by Crippen LogP contribution is -2.06. The van der Waals surface area contributed by atoms with Crippen LogP contribution in [0.4, 0.5) is 15.9 Å². The van der Waals surface area contributed by atoms with Gasteiger partial charge in [-0.1, -0.05) is 12.4 Å². The molecule has 0 saturated carbocycles. The molecule has 6 nitrogen and oxygen atoms in total. The van der Waals surface area contributed by atoms with E-state index in [2.05, 4.69) is 33.2 Å². The van der Waals surface area contributed by atoms with E-state index in [1.807, 2.05) is 37.4 Å². The molecular weight excluding hydrogens is 330 g/mol. The molecule has 0 atom stereocenters. The van der Waals surface area contributed by atoms with Crippen molar-refractivity contribution in [3.8, 4) is 11.5 Å². The summed E-state index contributed by atoms with van der Waals surface area (Å²) in [4.78, 5) is 12.9. The molecule has 4 rings (SSSR count). The van der Waals surface area contributed by atoms with Crippen LogP contribution < -0.4 is 5.32 Å². The third kappa shape index (κ3) is 2.90. The highest BCUT2D eigenvalue weighted by Crippen LogP contribution is 2.27. The monoisotopic (exact) mass is 346 g/mol. The Morgan fingerprint density at radius 1 is 1.19 bits per heavy atom. The van der Waals surface area contributed by atoms with Crippen molar-refractivity contribution in [1.82, 2.24) is 24.6 Å². The van der Waals surface area contributed by atoms with E-state index in [4.69, 9.17) is 0 Å². The average molecular weight is 346 g/mol. The zero-order chi connectivity index (χ0) is 18.1. The van der Waals surface area contributed by atoms with Gasteiger partial charge >= 0.3 is 0 Å². The zero-order valence-electron chi connectivity index (χ0n) is 14.4. The van der Waals surface area contributed by atoms with Crippen molar-refractivity contribution in [2.45, 2.75) is 13.2 Å². The lowest BCUT2D eigenvalue weighted by atomic mass is 9.98. The van der Waals surface area contributed by atoms with Crippen LogP contribution in [0.5, 0.6) is 0 Å². The molecule has 1 N–H and O–H groups in total. The van der Waals surface area contributed by atoms with Crippen LogP contribution in [0.3, 0.4) is 0 Å². The van der Waals surface area contributed by atoms with E-state index < -0.39 is 5.82 Å². The first-order valence-electron chi connectivity index (χ1n) is 8.34. The number of aryl methyl sites for hydroxylation is 1. The molecule has 4 aromatic heterocycles. The van der Waals surface area contributed by atoms with E-state index in [0.29, 0.717) is 23.0 Å². The zero-order valence-corrected chi connectivity index (χ0v) is 14.4. The SMILES string of the molecule is BCc1ccn2nc(-c3cccc(C)n3)nc(Nc3ccncc3F)c12. The van der Waals surface area contributed by atoms with Gasteiger partial charge in [-0.2, -0.15) is 0 Å². The molecule has 0 bridgehead atoms. The molecule has 8 heteroatoms. The normalized spacial score (nSPS) is 11.0. The summed E-state index contributed by atoms with van der Waals surface area (Å²) in [7, 11) is 2.06. The molecule has 0 aliphatic rings. The number of aromatic nitrogens is 5. The van der Waals surface area contributed by atoms with Gasteiger partial charge in [0.1, 0.15) is 19.1 Å². The number of hydrogen-bond donors (Lipinski definition) is 1. The van der Waals surface area contributed by atoms with Gasteiger partial charge in [0.25, 0.3) is 0 Å². The molecule has 0 aliphatic carbocycles. The minimum atomic E-state index is -0.441. The first-order chi connectivity index (χ1) is 12.7. The lowest BCUT2D eigenvalue weighted by molar-refractivity contribution is 0.625. The summed E-state index contributed by atoms with van der Waals surface area (Å²) >= 11 is 0. The second kappa shape index (κ2) is 6.55. The molecule has 0 fully saturated rings. The summed E-state index contributed by atoms with van der Waals surface area (Å²) in [6.07, 6.45) is 5.40. The van der Waals surface area contributed by atoms with E-state index >= 15 is 0 Å². The van der Waals surface area contributed by atoms with Crippen LogP contribution in [0.2, 0.25) is 0 Å². The molecule has 0 saturated heterocycles. The molecule has 4 heterocycles. The fourth-order valence-electron chi connectivity index (χ4n) is 2.84. The van der Waals surface area contributed by atoms with Crippen LogP contribution in [0.15, 0.2) is 48.9 Å². The first kappa shape index (κ1) is 16.2. The number of nitrogens with one attached hydrogen (secondary N) is 1. The molecule has 128 valence electrons. The molecule has 26 heavy (non-hydrogen) atoms. The molecule has 0 aliphatic heterocycles. The number of halogens is 1. The van der Waals surface area contributed by atoms with Crippen molar-refractivity contribution in [2.75, 3.05) is 5.32 Å². The van der Waals surface area contributed by atoms with Crippen LogP contribution in [0.1, 0.15) is 11.3 Å². The van der Waals surface area contributed by atoms with E-state index in [0.717, 1.165) is 23.1 Å². The minimum absolute atomic E-state index is 0.312. The molecule has 0 amide bonds. The molecule has 0 spiro atoms. The van der Waals surface area contributed by atoms with Gasteiger partial charge in [0.2, 0.25) is 5.82 Å². The quantitative estimate of drug-likeness (QED) is 0.575. The minimum Gasteiger partial charge on any atom is -0.336 e. The van der Waals surface area contributed by atoms with Gasteiger partial charge in [0.05, 0.1) is 11.9 Å². The summed E-state index contributed by atoms with van der Waals surface area (Å²) in [6, 6.07) is 9.25. The van der Waals surface area contributed by atoms with Crippen molar-refractivity contribution in [3.05, 3.63) is 66.0 Å². The maximum atomic E-state index is 14.1. The van der Waals surface area contributed by atoms with Gasteiger partial charge < -0.3 is 5.32 Å². The van der Waals surface area contributed by atoms with Crippen LogP contribution in [0.25, 0.3) is 17.0 Å². The third-order valence-electron chi connectivity index (χ3n) is 4.12. The van der Waals surface area contributed by atoms with Crippen LogP contribution in [-0.2, 0) is 6.32 Å². The molecule has 0 aromatic carbocycles. The Morgan fingerprint density at radius 2 is 2.08 bits per heavy atom. The van der Waals surface area contributed by atoms with Crippen molar-refractivity contribution in [3.63, 3.8) is 0 Å². The Morgan fingerprint density at radius 3 is 2.85 bits per heavy atom. The number of rotatable bonds is 4. The number of anilines is 2. The highest BCUT2D eigenvalue weighted by Gasteiger charge is 2.15. The lowest BCUT2D eigenvalue weighted by Gasteiger charge is -2.11. The maximum Gasteiger partial charge on any atom is 0.200 e. The summed E-state index contributed by atoms with van der Waals surface area (Å²) < 4.78 is 15.8. The average Bonchev–Trinajstić information content (AvgIpc) is 3.07. The number of pyridine rings is 2. The first-order valence-corrected chi connectivity index (χ1v) is 8.34. The molecule has 0 radical (unpaired) electrons. The molecule has 0 unspecified atom stereocenters. The van der Waals surface area contributed by atoms with Gasteiger partial charge in [-0.25, -0.2) is 18.9 Å². The van der Waals surface area contributed by atoms with E-state index in [1.54, 1.807) is 10.6 Å².